The van der Waals surface area contributed by atoms with Crippen molar-refractivity contribution in [2.24, 2.45) is 5.73 Å². The van der Waals surface area contributed by atoms with Crippen LogP contribution in [0.2, 0.25) is 0 Å². The van der Waals surface area contributed by atoms with Crippen LogP contribution < -0.4 is 15.8 Å². The van der Waals surface area contributed by atoms with Gasteiger partial charge in [-0.1, -0.05) is 13.8 Å². The number of benzene rings is 1. The first-order chi connectivity index (χ1) is 12.9. The van der Waals surface area contributed by atoms with E-state index >= 15 is 0 Å². The van der Waals surface area contributed by atoms with Crippen LogP contribution in [0.4, 0.5) is 5.69 Å². The van der Waals surface area contributed by atoms with Gasteiger partial charge >= 0.3 is 0 Å². The highest BCUT2D eigenvalue weighted by atomic mass is 35.5. The largest absolute Gasteiger partial charge is 0.492 e. The number of rotatable bonds is 9. The van der Waals surface area contributed by atoms with Crippen molar-refractivity contribution in [3.8, 4) is 5.75 Å². The summed E-state index contributed by atoms with van der Waals surface area (Å²) in [5, 5.41) is 2.67. The average molecular weight is 432 g/mol. The molecule has 0 aliphatic rings. The molecule has 0 bridgehead atoms. The third-order valence-corrected chi connectivity index (χ3v) is 6.01. The van der Waals surface area contributed by atoms with Gasteiger partial charge in [0.05, 0.1) is 18.7 Å². The summed E-state index contributed by atoms with van der Waals surface area (Å²) >= 11 is 0. The molecule has 0 saturated carbocycles. The van der Waals surface area contributed by atoms with E-state index in [-0.39, 0.29) is 29.6 Å². The first-order valence-corrected chi connectivity index (χ1v) is 10.2. The minimum Gasteiger partial charge on any atom is -0.492 e. The smallest absolute Gasteiger partial charge is 0.258 e. The van der Waals surface area contributed by atoms with E-state index in [4.69, 9.17) is 14.9 Å². The second-order valence-electron chi connectivity index (χ2n) is 5.64. The molecule has 1 aromatic heterocycles. The number of hydrogen-bond donors (Lipinski definition) is 2. The molecule has 0 fully saturated rings. The lowest BCUT2D eigenvalue weighted by molar-refractivity contribution is 0.102. The molecule has 10 heteroatoms. The van der Waals surface area contributed by atoms with E-state index < -0.39 is 15.9 Å². The van der Waals surface area contributed by atoms with Gasteiger partial charge in [0.2, 0.25) is 10.0 Å². The first-order valence-electron chi connectivity index (χ1n) is 8.73. The summed E-state index contributed by atoms with van der Waals surface area (Å²) in [5.41, 5.74) is 6.11. The van der Waals surface area contributed by atoms with E-state index in [1.165, 1.54) is 28.8 Å². The van der Waals surface area contributed by atoms with Gasteiger partial charge in [-0.3, -0.25) is 4.79 Å². The van der Waals surface area contributed by atoms with E-state index in [1.807, 2.05) is 0 Å². The van der Waals surface area contributed by atoms with Crippen LogP contribution in [0.25, 0.3) is 0 Å². The molecule has 0 aliphatic carbocycles. The number of carbonyl (C=O) groups is 1. The highest BCUT2D eigenvalue weighted by Crippen LogP contribution is 2.30. The number of furan rings is 1. The molecule has 2 aromatic rings. The van der Waals surface area contributed by atoms with E-state index in [1.54, 1.807) is 26.8 Å². The molecule has 0 spiro atoms. The van der Waals surface area contributed by atoms with E-state index in [9.17, 15) is 13.2 Å². The van der Waals surface area contributed by atoms with Gasteiger partial charge in [0, 0.05) is 18.8 Å². The Hall–Kier alpha value is -2.07. The van der Waals surface area contributed by atoms with Gasteiger partial charge in [-0.05, 0) is 31.2 Å². The summed E-state index contributed by atoms with van der Waals surface area (Å²) in [6, 6.07) is 6.07. The van der Waals surface area contributed by atoms with E-state index in [0.29, 0.717) is 36.7 Å². The van der Waals surface area contributed by atoms with Crippen molar-refractivity contribution in [2.75, 3.05) is 25.0 Å². The van der Waals surface area contributed by atoms with Crippen molar-refractivity contribution >= 4 is 34.0 Å². The highest BCUT2D eigenvalue weighted by molar-refractivity contribution is 7.89. The predicted octanol–water partition coefficient (Wildman–Crippen LogP) is 2.84. The topological polar surface area (TPSA) is 115 Å². The molecular formula is C18H26ClN3O5S. The van der Waals surface area contributed by atoms with Crippen LogP contribution in [-0.2, 0) is 16.6 Å². The number of halogens is 1. The molecule has 0 unspecified atom stereocenters. The monoisotopic (exact) mass is 431 g/mol. The fraction of sp³-hybridized carbons (Fsp3) is 0.389. The number of hydrogen-bond acceptors (Lipinski definition) is 6. The minimum atomic E-state index is -3.75. The standard InChI is InChI=1S/C18H25N3O5S.ClH/c1-4-21(5-2)27(23,24)17-10-14(7-8-16(17)25-6-3)20-18(22)13-9-15(11-19)26-12-13;/h7-10,12H,4-6,11,19H2,1-3H3,(H,20,22);1H. The summed E-state index contributed by atoms with van der Waals surface area (Å²) in [4.78, 5) is 12.4. The number of ether oxygens (including phenoxy) is 1. The van der Waals surface area contributed by atoms with E-state index in [2.05, 4.69) is 5.32 Å². The minimum absolute atomic E-state index is 0. The molecule has 8 nitrogen and oxygen atoms in total. The normalized spacial score (nSPS) is 11.2. The Morgan fingerprint density at radius 1 is 1.21 bits per heavy atom. The molecular weight excluding hydrogens is 406 g/mol. The fourth-order valence-corrected chi connectivity index (χ4v) is 4.19. The molecule has 1 aromatic carbocycles. The number of sulfonamides is 1. The van der Waals surface area contributed by atoms with Crippen molar-refractivity contribution in [1.82, 2.24) is 4.31 Å². The van der Waals surface area contributed by atoms with Crippen LogP contribution in [0.15, 0.2) is 39.8 Å². The van der Waals surface area contributed by atoms with Crippen LogP contribution >= 0.6 is 12.4 Å². The summed E-state index contributed by atoms with van der Waals surface area (Å²) in [6.07, 6.45) is 1.31. The second kappa shape index (κ2) is 10.5. The van der Waals surface area contributed by atoms with Gasteiger partial charge in [0.15, 0.2) is 0 Å². The Balaban J connectivity index is 0.00000392. The third-order valence-electron chi connectivity index (χ3n) is 3.94. The number of anilines is 1. The maximum atomic E-state index is 12.9. The molecule has 3 N–H and O–H groups in total. The molecule has 0 aliphatic heterocycles. The van der Waals surface area contributed by atoms with Crippen molar-refractivity contribution in [3.05, 3.63) is 41.9 Å². The summed E-state index contributed by atoms with van der Waals surface area (Å²) in [7, 11) is -3.75. The molecule has 0 atom stereocenters. The average Bonchev–Trinajstić information content (AvgIpc) is 3.13. The molecule has 2 rings (SSSR count). The lowest BCUT2D eigenvalue weighted by Gasteiger charge is -2.21. The maximum absolute atomic E-state index is 12.9. The Bertz CT molecular complexity index is 894. The van der Waals surface area contributed by atoms with Crippen molar-refractivity contribution in [1.29, 1.82) is 0 Å². The van der Waals surface area contributed by atoms with Crippen LogP contribution in [0.1, 0.15) is 36.9 Å². The predicted molar refractivity (Wildman–Crippen MR) is 110 cm³/mol. The Morgan fingerprint density at radius 3 is 2.43 bits per heavy atom. The number of nitrogens with one attached hydrogen (secondary N) is 1. The molecule has 1 heterocycles. The molecule has 156 valence electrons. The van der Waals surface area contributed by atoms with E-state index in [0.717, 1.165) is 0 Å². The lowest BCUT2D eigenvalue weighted by atomic mass is 10.2. The van der Waals surface area contributed by atoms with Crippen LogP contribution in [0, 0.1) is 0 Å². The van der Waals surface area contributed by atoms with Crippen molar-refractivity contribution < 1.29 is 22.4 Å². The van der Waals surface area contributed by atoms with Gasteiger partial charge < -0.3 is 20.2 Å². The van der Waals surface area contributed by atoms with Crippen LogP contribution in [0.3, 0.4) is 0 Å². The zero-order chi connectivity index (χ0) is 20.0. The summed E-state index contributed by atoms with van der Waals surface area (Å²) < 4.78 is 37.9. The highest BCUT2D eigenvalue weighted by Gasteiger charge is 2.26. The number of nitrogens with zero attached hydrogens (tertiary/aromatic N) is 1. The molecule has 1 amide bonds. The Labute approximate surface area is 171 Å². The maximum Gasteiger partial charge on any atom is 0.258 e. The molecule has 28 heavy (non-hydrogen) atoms. The Morgan fingerprint density at radius 2 is 1.89 bits per heavy atom. The van der Waals surface area contributed by atoms with Crippen molar-refractivity contribution in [2.45, 2.75) is 32.2 Å². The number of nitrogens with two attached hydrogens (primary N) is 1. The van der Waals surface area contributed by atoms with Crippen LogP contribution in [0.5, 0.6) is 5.75 Å². The van der Waals surface area contributed by atoms with Gasteiger partial charge in [-0.25, -0.2) is 8.42 Å². The lowest BCUT2D eigenvalue weighted by Crippen LogP contribution is -2.31. The summed E-state index contributed by atoms with van der Waals surface area (Å²) in [5.74, 6) is 0.307. The fourth-order valence-electron chi connectivity index (χ4n) is 2.57. The zero-order valence-corrected chi connectivity index (χ0v) is 17.7. The van der Waals surface area contributed by atoms with Crippen LogP contribution in [-0.4, -0.2) is 38.3 Å². The second-order valence-corrected chi connectivity index (χ2v) is 7.55. The van der Waals surface area contributed by atoms with Gasteiger partial charge in [0.1, 0.15) is 22.7 Å². The summed E-state index contributed by atoms with van der Waals surface area (Å²) in [6.45, 7) is 6.47. The SMILES string of the molecule is CCOc1ccc(NC(=O)c2coc(CN)c2)cc1S(=O)(=O)N(CC)CC.Cl. The number of amides is 1. The first kappa shape index (κ1) is 24.0. The third kappa shape index (κ3) is 5.26. The quantitative estimate of drug-likeness (QED) is 0.630. The van der Waals surface area contributed by atoms with Gasteiger partial charge in [0.25, 0.3) is 5.91 Å². The Kier molecular flexibility index (Phi) is 8.96. The number of carbonyl (C=O) groups excluding carboxylic acids is 1. The zero-order valence-electron chi connectivity index (χ0n) is 16.1. The van der Waals surface area contributed by atoms with Gasteiger partial charge in [-0.15, -0.1) is 12.4 Å². The molecule has 0 radical (unpaired) electrons. The van der Waals surface area contributed by atoms with Crippen molar-refractivity contribution in [3.63, 3.8) is 0 Å². The molecule has 0 saturated heterocycles. The van der Waals surface area contributed by atoms with Gasteiger partial charge in [-0.2, -0.15) is 4.31 Å².